The van der Waals surface area contributed by atoms with Crippen LogP contribution in [0.3, 0.4) is 0 Å². The molecule has 2 aliphatic carbocycles. The number of nitrogens with zero attached hydrogens (tertiary/aromatic N) is 5. The molecule has 3 aromatic heterocycles. The molecule has 3 heterocycles. The van der Waals surface area contributed by atoms with Crippen LogP contribution in [0.1, 0.15) is 18.4 Å². The third-order valence-corrected chi connectivity index (χ3v) is 6.63. The highest BCUT2D eigenvalue weighted by Crippen LogP contribution is 2.44. The topological polar surface area (TPSA) is 125 Å². The molecule has 3 unspecified atom stereocenters. The van der Waals surface area contributed by atoms with Gasteiger partial charge in [0.1, 0.15) is 29.2 Å². The Bertz CT molecular complexity index is 1430. The molecule has 1 aromatic carbocycles. The number of rotatable bonds is 6. The summed E-state index contributed by atoms with van der Waals surface area (Å²) in [5, 5.41) is 7.45. The molecule has 176 valence electrons. The van der Waals surface area contributed by atoms with Gasteiger partial charge in [-0.15, -0.1) is 0 Å². The number of aromatic nitrogens is 5. The average Bonchev–Trinajstić information content (AvgIpc) is 3.66. The fourth-order valence-corrected chi connectivity index (χ4v) is 4.88. The van der Waals surface area contributed by atoms with Crippen molar-refractivity contribution in [1.29, 1.82) is 0 Å². The second-order valence-corrected chi connectivity index (χ2v) is 8.87. The lowest BCUT2D eigenvalue weighted by atomic mass is 9.93. The van der Waals surface area contributed by atoms with Crippen molar-refractivity contribution < 1.29 is 13.6 Å². The van der Waals surface area contributed by atoms with E-state index in [9.17, 15) is 9.18 Å². The molecule has 0 spiro atoms. The number of carbonyl (C=O) groups is 1. The number of anilines is 2. The smallest absolute Gasteiger partial charge is 0.244 e. The minimum absolute atomic E-state index is 0.0542. The molecule has 2 bridgehead atoms. The molecule has 10 heteroatoms. The normalized spacial score (nSPS) is 20.4. The van der Waals surface area contributed by atoms with Gasteiger partial charge in [0.2, 0.25) is 11.8 Å². The molecular weight excluding hydrogens is 449 g/mol. The van der Waals surface area contributed by atoms with Gasteiger partial charge in [-0.05, 0) is 30.7 Å². The first-order chi connectivity index (χ1) is 17.0. The molecule has 6 rings (SSSR count). The Kier molecular flexibility index (Phi) is 5.13. The number of allylic oxidation sites excluding steroid dienone is 2. The third-order valence-electron chi connectivity index (χ3n) is 6.63. The Morgan fingerprint density at radius 3 is 2.83 bits per heavy atom. The van der Waals surface area contributed by atoms with E-state index in [0.29, 0.717) is 34.4 Å². The average molecular weight is 471 g/mol. The zero-order chi connectivity index (χ0) is 23.9. The fraction of sp³-hybridized carbons (Fsp3) is 0.240. The van der Waals surface area contributed by atoms with Gasteiger partial charge in [0.15, 0.2) is 11.6 Å². The molecule has 0 aliphatic heterocycles. The molecule has 1 amide bonds. The van der Waals surface area contributed by atoms with Crippen molar-refractivity contribution in [2.24, 2.45) is 17.8 Å². The number of amides is 1. The summed E-state index contributed by atoms with van der Waals surface area (Å²) in [6, 6.07) is 8.19. The van der Waals surface area contributed by atoms with Gasteiger partial charge in [0, 0.05) is 17.5 Å². The standard InChI is InChI=1S/C25H22FN7O2/c26-18-4-2-1-3-16(18)13-33-21(25-28-7-8-35-25)11-19(32-33)23-29-12-20(22(27)31-23)30-24(34)17-10-14-5-6-15(17)9-14/h1-8,11-12,14-15,17H,9-10,13H2,(H,30,34)(H2,27,29,31). The van der Waals surface area contributed by atoms with Crippen LogP contribution in [0.25, 0.3) is 23.1 Å². The number of oxazole rings is 1. The first kappa shape index (κ1) is 21.2. The van der Waals surface area contributed by atoms with Crippen LogP contribution in [0, 0.1) is 23.6 Å². The zero-order valence-electron chi connectivity index (χ0n) is 18.6. The monoisotopic (exact) mass is 471 g/mol. The Labute approximate surface area is 199 Å². The van der Waals surface area contributed by atoms with E-state index in [0.717, 1.165) is 12.8 Å². The molecule has 3 N–H and O–H groups in total. The van der Waals surface area contributed by atoms with Crippen LogP contribution >= 0.6 is 0 Å². The van der Waals surface area contributed by atoms with E-state index >= 15 is 0 Å². The molecule has 4 aromatic rings. The Morgan fingerprint density at radius 2 is 2.11 bits per heavy atom. The van der Waals surface area contributed by atoms with E-state index in [1.165, 1.54) is 24.7 Å². The number of nitrogen functional groups attached to an aromatic ring is 1. The number of hydrogen-bond acceptors (Lipinski definition) is 7. The van der Waals surface area contributed by atoms with Gasteiger partial charge in [-0.2, -0.15) is 5.10 Å². The lowest BCUT2D eigenvalue weighted by Crippen LogP contribution is -2.26. The number of hydrogen-bond donors (Lipinski definition) is 2. The summed E-state index contributed by atoms with van der Waals surface area (Å²) < 4.78 is 21.3. The number of carbonyl (C=O) groups excluding carboxylic acids is 1. The van der Waals surface area contributed by atoms with Crippen molar-refractivity contribution in [3.8, 4) is 23.1 Å². The van der Waals surface area contributed by atoms with Crippen molar-refractivity contribution in [1.82, 2.24) is 24.7 Å². The molecule has 35 heavy (non-hydrogen) atoms. The number of nitrogens with one attached hydrogen (secondary N) is 1. The summed E-state index contributed by atoms with van der Waals surface area (Å²) >= 11 is 0. The second-order valence-electron chi connectivity index (χ2n) is 8.87. The molecule has 3 atom stereocenters. The maximum Gasteiger partial charge on any atom is 0.244 e. The van der Waals surface area contributed by atoms with Crippen LogP contribution in [-0.4, -0.2) is 30.6 Å². The van der Waals surface area contributed by atoms with E-state index in [1.54, 1.807) is 28.9 Å². The molecule has 9 nitrogen and oxygen atoms in total. The fourth-order valence-electron chi connectivity index (χ4n) is 4.88. The number of halogens is 1. The van der Waals surface area contributed by atoms with E-state index < -0.39 is 0 Å². The quantitative estimate of drug-likeness (QED) is 0.408. The van der Waals surface area contributed by atoms with Gasteiger partial charge >= 0.3 is 0 Å². The van der Waals surface area contributed by atoms with Crippen LogP contribution < -0.4 is 11.1 Å². The summed E-state index contributed by atoms with van der Waals surface area (Å²) in [5.41, 5.74) is 7.95. The van der Waals surface area contributed by atoms with Crippen LogP contribution in [0.15, 0.2) is 65.6 Å². The van der Waals surface area contributed by atoms with E-state index in [-0.39, 0.29) is 41.7 Å². The van der Waals surface area contributed by atoms with Gasteiger partial charge in [0.25, 0.3) is 0 Å². The highest BCUT2D eigenvalue weighted by molar-refractivity contribution is 5.95. The van der Waals surface area contributed by atoms with Gasteiger partial charge in [-0.25, -0.2) is 19.3 Å². The number of benzene rings is 1. The Hall–Kier alpha value is -4.34. The largest absolute Gasteiger partial charge is 0.443 e. The van der Waals surface area contributed by atoms with Crippen molar-refractivity contribution in [2.45, 2.75) is 19.4 Å². The molecule has 2 aliphatic rings. The number of nitrogens with two attached hydrogens (primary N) is 1. The lowest BCUT2D eigenvalue weighted by Gasteiger charge is -2.17. The summed E-state index contributed by atoms with van der Waals surface area (Å²) in [6.07, 6.45) is 10.7. The minimum atomic E-state index is -0.338. The van der Waals surface area contributed by atoms with E-state index in [4.69, 9.17) is 10.2 Å². The summed E-state index contributed by atoms with van der Waals surface area (Å²) in [6.45, 7) is 0.159. The van der Waals surface area contributed by atoms with Crippen molar-refractivity contribution >= 4 is 17.4 Å². The molecular formula is C25H22FN7O2. The third kappa shape index (κ3) is 3.96. The Morgan fingerprint density at radius 1 is 1.23 bits per heavy atom. The molecule has 0 saturated heterocycles. The highest BCUT2D eigenvalue weighted by atomic mass is 19.1. The van der Waals surface area contributed by atoms with Crippen molar-refractivity contribution in [3.63, 3.8) is 0 Å². The van der Waals surface area contributed by atoms with Gasteiger partial charge < -0.3 is 15.5 Å². The van der Waals surface area contributed by atoms with Crippen LogP contribution in [-0.2, 0) is 11.3 Å². The second kappa shape index (κ2) is 8.46. The molecule has 1 saturated carbocycles. The minimum Gasteiger partial charge on any atom is -0.443 e. The van der Waals surface area contributed by atoms with E-state index in [1.807, 2.05) is 0 Å². The summed E-state index contributed by atoms with van der Waals surface area (Å²) in [5.74, 6) is 1.06. The first-order valence-corrected chi connectivity index (χ1v) is 11.4. The van der Waals surface area contributed by atoms with Crippen molar-refractivity contribution in [2.75, 3.05) is 11.1 Å². The predicted octanol–water partition coefficient (Wildman–Crippen LogP) is 3.92. The maximum absolute atomic E-state index is 14.3. The van der Waals surface area contributed by atoms with Gasteiger partial charge in [-0.1, -0.05) is 30.4 Å². The molecule has 0 radical (unpaired) electrons. The zero-order valence-corrected chi connectivity index (χ0v) is 18.6. The van der Waals surface area contributed by atoms with Crippen LogP contribution in [0.2, 0.25) is 0 Å². The van der Waals surface area contributed by atoms with Crippen molar-refractivity contribution in [3.05, 3.63) is 72.5 Å². The van der Waals surface area contributed by atoms with Crippen LogP contribution in [0.4, 0.5) is 15.9 Å². The molecule has 1 fully saturated rings. The van der Waals surface area contributed by atoms with Gasteiger partial charge in [-0.3, -0.25) is 9.48 Å². The van der Waals surface area contributed by atoms with Gasteiger partial charge in [0.05, 0.1) is 18.9 Å². The summed E-state index contributed by atoms with van der Waals surface area (Å²) in [4.78, 5) is 25.7. The highest BCUT2D eigenvalue weighted by Gasteiger charge is 2.40. The Balaban J connectivity index is 1.27. The predicted molar refractivity (Wildman–Crippen MR) is 126 cm³/mol. The van der Waals surface area contributed by atoms with Crippen LogP contribution in [0.5, 0.6) is 0 Å². The lowest BCUT2D eigenvalue weighted by molar-refractivity contribution is -0.120. The summed E-state index contributed by atoms with van der Waals surface area (Å²) in [7, 11) is 0. The SMILES string of the molecule is Nc1nc(-c2cc(-c3ncco3)n(Cc3ccccc3F)n2)ncc1NC(=O)C1CC2C=CC1C2. The first-order valence-electron chi connectivity index (χ1n) is 11.4. The van der Waals surface area contributed by atoms with E-state index in [2.05, 4.69) is 37.5 Å². The maximum atomic E-state index is 14.3. The number of fused-ring (bicyclic) bond motifs is 2.